The summed E-state index contributed by atoms with van der Waals surface area (Å²) in [5, 5.41) is 0. The quantitative estimate of drug-likeness (QED) is 0.0823. The van der Waals surface area contributed by atoms with Crippen molar-refractivity contribution in [3.63, 3.8) is 0 Å². The second-order valence-electron chi connectivity index (χ2n) is 11.3. The van der Waals surface area contributed by atoms with Crippen LogP contribution in [0.3, 0.4) is 0 Å². The van der Waals surface area contributed by atoms with Crippen molar-refractivity contribution < 1.29 is 24.0 Å². The van der Waals surface area contributed by atoms with Crippen molar-refractivity contribution in [1.29, 1.82) is 0 Å². The Hall–Kier alpha value is -2.24. The first-order chi connectivity index (χ1) is 19.8. The van der Waals surface area contributed by atoms with Crippen LogP contribution in [0, 0.1) is 5.92 Å². The van der Waals surface area contributed by atoms with Gasteiger partial charge in [-0.3, -0.25) is 0 Å². The Bertz CT molecular complexity index is 858. The molecule has 2 aromatic carbocycles. The lowest BCUT2D eigenvalue weighted by Crippen LogP contribution is -2.18. The van der Waals surface area contributed by atoms with Gasteiger partial charge in [0.15, 0.2) is 5.75 Å². The van der Waals surface area contributed by atoms with Crippen LogP contribution in [0.25, 0.3) is 0 Å². The molecule has 0 saturated heterocycles. The van der Waals surface area contributed by atoms with E-state index < -0.39 is 0 Å². The van der Waals surface area contributed by atoms with Crippen molar-refractivity contribution in [2.24, 2.45) is 5.92 Å². The van der Waals surface area contributed by atoms with E-state index in [9.17, 15) is 0 Å². The van der Waals surface area contributed by atoms with E-state index in [1.54, 1.807) is 0 Å². The summed E-state index contributed by atoms with van der Waals surface area (Å²) in [6, 6.07) is 16.4. The average molecular weight is 555 g/mol. The molecular weight excluding hydrogens is 500 g/mol. The largest absolute Gasteiger partial charge is 0.494 e. The Labute approximate surface area is 243 Å². The fraction of sp³-hybridized carbons (Fsp3) is 0.657. The Balaban J connectivity index is 1.22. The summed E-state index contributed by atoms with van der Waals surface area (Å²) < 4.78 is 17.4. The van der Waals surface area contributed by atoms with Gasteiger partial charge in [0.1, 0.15) is 18.1 Å². The highest BCUT2D eigenvalue weighted by atomic mass is 17.2. The van der Waals surface area contributed by atoms with Crippen molar-refractivity contribution in [3.05, 3.63) is 54.1 Å². The minimum absolute atomic E-state index is 0.542. The van der Waals surface area contributed by atoms with Crippen molar-refractivity contribution >= 4 is 0 Å². The maximum Gasteiger partial charge on any atom is 0.165 e. The van der Waals surface area contributed by atoms with Gasteiger partial charge in [-0.1, -0.05) is 77.3 Å². The zero-order chi connectivity index (χ0) is 28.1. The van der Waals surface area contributed by atoms with Gasteiger partial charge in [-0.05, 0) is 92.3 Å². The Kier molecular flexibility index (Phi) is 16.6. The number of benzene rings is 2. The number of ether oxygens (including phenoxy) is 3. The molecule has 224 valence electrons. The highest BCUT2D eigenvalue weighted by molar-refractivity contribution is 5.31. The molecule has 0 aromatic heterocycles. The summed E-state index contributed by atoms with van der Waals surface area (Å²) in [4.78, 5) is 11.2. The number of hydrogen-bond acceptors (Lipinski definition) is 5. The first kappa shape index (κ1) is 32.3. The average Bonchev–Trinajstić information content (AvgIpc) is 2.99. The molecule has 40 heavy (non-hydrogen) atoms. The fourth-order valence-electron chi connectivity index (χ4n) is 5.31. The van der Waals surface area contributed by atoms with Crippen molar-refractivity contribution in [1.82, 2.24) is 0 Å². The van der Waals surface area contributed by atoms with Gasteiger partial charge < -0.3 is 19.1 Å². The first-order valence-corrected chi connectivity index (χ1v) is 16.1. The predicted octanol–water partition coefficient (Wildman–Crippen LogP) is 9.69. The van der Waals surface area contributed by atoms with Gasteiger partial charge in [-0.15, -0.1) is 0 Å². The molecule has 1 fully saturated rings. The van der Waals surface area contributed by atoms with E-state index in [2.05, 4.69) is 38.1 Å². The molecule has 2 aromatic rings. The molecular formula is C35H54O5. The molecule has 5 heteroatoms. The van der Waals surface area contributed by atoms with Crippen LogP contribution in [-0.4, -0.2) is 33.0 Å². The highest BCUT2D eigenvalue weighted by Crippen LogP contribution is 2.36. The van der Waals surface area contributed by atoms with E-state index >= 15 is 0 Å². The van der Waals surface area contributed by atoms with E-state index in [0.29, 0.717) is 37.4 Å². The molecule has 0 unspecified atom stereocenters. The summed E-state index contributed by atoms with van der Waals surface area (Å²) in [5.74, 6) is 3.69. The van der Waals surface area contributed by atoms with Crippen LogP contribution in [0.4, 0.5) is 0 Å². The molecule has 0 spiro atoms. The second-order valence-corrected chi connectivity index (χ2v) is 11.3. The maximum absolute atomic E-state index is 5.93. The fourth-order valence-corrected chi connectivity index (χ4v) is 5.31. The standard InChI is InChI=1S/C35H54O5/c1-3-5-7-9-11-25-36-27-28-38-34-21-23-35(24-22-34)40-39-29-30-13-15-31(16-14-30)32-17-19-33(20-18-32)37-26-12-10-8-6-4-2/h17-24,30-31H,3-16,25-29H2,1-2H3. The zero-order valence-electron chi connectivity index (χ0n) is 25.2. The maximum atomic E-state index is 5.93. The monoisotopic (exact) mass is 554 g/mol. The van der Waals surface area contributed by atoms with Gasteiger partial charge in [0.25, 0.3) is 0 Å². The summed E-state index contributed by atoms with van der Waals surface area (Å²) >= 11 is 0. The van der Waals surface area contributed by atoms with Gasteiger partial charge in [0.05, 0.1) is 19.8 Å². The summed E-state index contributed by atoms with van der Waals surface area (Å²) in [6.45, 7) is 7.94. The van der Waals surface area contributed by atoms with Crippen LogP contribution in [0.1, 0.15) is 115 Å². The lowest BCUT2D eigenvalue weighted by molar-refractivity contribution is -0.218. The van der Waals surface area contributed by atoms with Crippen molar-refractivity contribution in [2.75, 3.05) is 33.0 Å². The van der Waals surface area contributed by atoms with Crippen LogP contribution in [0.5, 0.6) is 17.2 Å². The molecule has 0 aliphatic heterocycles. The van der Waals surface area contributed by atoms with Gasteiger partial charge >= 0.3 is 0 Å². The molecule has 3 rings (SSSR count). The third-order valence-corrected chi connectivity index (χ3v) is 7.89. The SMILES string of the molecule is CCCCCCCOCCOc1ccc(OOCC2CCC(c3ccc(OCCCCCCC)cc3)CC2)cc1. The Morgan fingerprint density at radius 2 is 1.10 bits per heavy atom. The molecule has 0 N–H and O–H groups in total. The van der Waals surface area contributed by atoms with Crippen molar-refractivity contribution in [3.8, 4) is 17.2 Å². The normalized spacial score (nSPS) is 17.1. The first-order valence-electron chi connectivity index (χ1n) is 16.1. The topological polar surface area (TPSA) is 46.2 Å². The summed E-state index contributed by atoms with van der Waals surface area (Å²) in [5.41, 5.74) is 1.43. The van der Waals surface area contributed by atoms with E-state index in [-0.39, 0.29) is 0 Å². The van der Waals surface area contributed by atoms with Crippen LogP contribution in [0.15, 0.2) is 48.5 Å². The van der Waals surface area contributed by atoms with Crippen LogP contribution in [-0.2, 0) is 9.62 Å². The van der Waals surface area contributed by atoms with Gasteiger partial charge in [0.2, 0.25) is 0 Å². The molecule has 0 atom stereocenters. The molecule has 0 radical (unpaired) electrons. The second kappa shape index (κ2) is 20.6. The van der Waals surface area contributed by atoms with Gasteiger partial charge in [-0.2, -0.15) is 4.89 Å². The third kappa shape index (κ3) is 13.4. The Morgan fingerprint density at radius 1 is 0.550 bits per heavy atom. The number of unbranched alkanes of at least 4 members (excludes halogenated alkanes) is 8. The molecule has 1 aliphatic carbocycles. The molecule has 1 saturated carbocycles. The van der Waals surface area contributed by atoms with Crippen molar-refractivity contribution in [2.45, 2.75) is 110 Å². The Morgan fingerprint density at radius 3 is 1.75 bits per heavy atom. The molecule has 1 aliphatic rings. The molecule has 0 bridgehead atoms. The lowest BCUT2D eigenvalue weighted by Gasteiger charge is -2.28. The summed E-state index contributed by atoms with van der Waals surface area (Å²) in [6.07, 6.45) is 17.3. The molecule has 0 amide bonds. The number of hydrogen-bond donors (Lipinski definition) is 0. The minimum Gasteiger partial charge on any atom is -0.494 e. The van der Waals surface area contributed by atoms with Gasteiger partial charge in [0, 0.05) is 6.61 Å². The lowest BCUT2D eigenvalue weighted by atomic mass is 9.79. The van der Waals surface area contributed by atoms with Crippen LogP contribution in [0.2, 0.25) is 0 Å². The van der Waals surface area contributed by atoms with Crippen LogP contribution >= 0.6 is 0 Å². The van der Waals surface area contributed by atoms with Crippen LogP contribution < -0.4 is 14.4 Å². The minimum atomic E-state index is 0.542. The highest BCUT2D eigenvalue weighted by Gasteiger charge is 2.23. The van der Waals surface area contributed by atoms with E-state index in [0.717, 1.165) is 50.4 Å². The zero-order valence-corrected chi connectivity index (χ0v) is 25.2. The summed E-state index contributed by atoms with van der Waals surface area (Å²) in [7, 11) is 0. The van der Waals surface area contributed by atoms with Gasteiger partial charge in [-0.25, -0.2) is 0 Å². The number of rotatable bonds is 22. The van der Waals surface area contributed by atoms with E-state index in [1.165, 1.54) is 69.8 Å². The third-order valence-electron chi connectivity index (χ3n) is 7.89. The van der Waals surface area contributed by atoms with E-state index in [4.69, 9.17) is 24.0 Å². The molecule has 5 nitrogen and oxygen atoms in total. The smallest absolute Gasteiger partial charge is 0.165 e. The van der Waals surface area contributed by atoms with E-state index in [1.807, 2.05) is 24.3 Å². The molecule has 0 heterocycles. The predicted molar refractivity (Wildman–Crippen MR) is 163 cm³/mol.